The minimum absolute atomic E-state index is 0.0885. The van der Waals surface area contributed by atoms with E-state index in [1.165, 1.54) is 25.6 Å². The molecule has 0 amide bonds. The van der Waals surface area contributed by atoms with Crippen LogP contribution in [0.25, 0.3) is 0 Å². The SMILES string of the molecule is CC(=O)ON=C(C)C(=O)c1ccc(Sc2ccc(Oc3ccc(OCCO)c(OCCO)c3)cc2)cc1. The average molecular weight is 526 g/mol. The van der Waals surface area contributed by atoms with E-state index in [4.69, 9.17) is 24.4 Å². The molecule has 0 aliphatic rings. The zero-order valence-corrected chi connectivity index (χ0v) is 21.2. The first-order chi connectivity index (χ1) is 17.9. The second-order valence-corrected chi connectivity index (χ2v) is 8.69. The molecule has 3 rings (SSSR count). The summed E-state index contributed by atoms with van der Waals surface area (Å²) in [6, 6.07) is 19.6. The van der Waals surface area contributed by atoms with E-state index in [0.29, 0.717) is 28.6 Å². The Kier molecular flexibility index (Phi) is 10.5. The summed E-state index contributed by atoms with van der Waals surface area (Å²) in [5, 5.41) is 21.6. The third kappa shape index (κ3) is 8.64. The van der Waals surface area contributed by atoms with Gasteiger partial charge in [0, 0.05) is 28.3 Å². The van der Waals surface area contributed by atoms with E-state index in [1.54, 1.807) is 30.3 Å². The molecule has 0 spiro atoms. The predicted octanol–water partition coefficient (Wildman–Crippen LogP) is 4.49. The molecule has 0 bridgehead atoms. The summed E-state index contributed by atoms with van der Waals surface area (Å²) in [4.78, 5) is 29.7. The molecule has 0 heterocycles. The monoisotopic (exact) mass is 525 g/mol. The van der Waals surface area contributed by atoms with Crippen molar-refractivity contribution in [3.05, 3.63) is 72.3 Å². The topological polar surface area (TPSA) is 124 Å². The van der Waals surface area contributed by atoms with Crippen molar-refractivity contribution in [1.29, 1.82) is 0 Å². The van der Waals surface area contributed by atoms with Crippen molar-refractivity contribution in [2.24, 2.45) is 5.16 Å². The van der Waals surface area contributed by atoms with E-state index < -0.39 is 5.97 Å². The summed E-state index contributed by atoms with van der Waals surface area (Å²) in [6.45, 7) is 2.65. The highest BCUT2D eigenvalue weighted by Gasteiger charge is 2.12. The first kappa shape index (κ1) is 27.7. The molecule has 9 nitrogen and oxygen atoms in total. The molecule has 0 aromatic heterocycles. The zero-order valence-electron chi connectivity index (χ0n) is 20.4. The van der Waals surface area contributed by atoms with E-state index in [0.717, 1.165) is 9.79 Å². The van der Waals surface area contributed by atoms with Crippen LogP contribution in [0.2, 0.25) is 0 Å². The molecule has 0 fully saturated rings. The van der Waals surface area contributed by atoms with Gasteiger partial charge in [-0.3, -0.25) is 4.79 Å². The summed E-state index contributed by atoms with van der Waals surface area (Å²) in [7, 11) is 0. The Balaban J connectivity index is 1.62. The van der Waals surface area contributed by atoms with E-state index in [1.807, 2.05) is 36.4 Å². The quantitative estimate of drug-likeness (QED) is 0.144. The van der Waals surface area contributed by atoms with Crippen LogP contribution >= 0.6 is 11.8 Å². The summed E-state index contributed by atoms with van der Waals surface area (Å²) >= 11 is 1.52. The molecule has 0 saturated carbocycles. The van der Waals surface area contributed by atoms with E-state index >= 15 is 0 Å². The first-order valence-corrected chi connectivity index (χ1v) is 12.2. The minimum atomic E-state index is -0.589. The van der Waals surface area contributed by atoms with Crippen LogP contribution in [0.5, 0.6) is 23.0 Å². The highest BCUT2D eigenvalue weighted by Crippen LogP contribution is 2.35. The third-order valence-electron chi connectivity index (χ3n) is 4.66. The van der Waals surface area contributed by atoms with Gasteiger partial charge in [-0.25, -0.2) is 4.79 Å². The molecule has 194 valence electrons. The fourth-order valence-corrected chi connectivity index (χ4v) is 3.82. The van der Waals surface area contributed by atoms with Crippen LogP contribution in [-0.2, 0) is 9.63 Å². The number of oxime groups is 1. The highest BCUT2D eigenvalue weighted by atomic mass is 32.2. The van der Waals surface area contributed by atoms with Crippen LogP contribution in [-0.4, -0.2) is 54.1 Å². The van der Waals surface area contributed by atoms with E-state index in [2.05, 4.69) is 9.99 Å². The normalized spacial score (nSPS) is 11.1. The van der Waals surface area contributed by atoms with Crippen molar-refractivity contribution < 1.29 is 38.9 Å². The van der Waals surface area contributed by atoms with Crippen molar-refractivity contribution >= 4 is 29.2 Å². The number of rotatable bonds is 13. The number of benzene rings is 3. The Morgan fingerprint density at radius 3 is 1.95 bits per heavy atom. The molecule has 3 aromatic rings. The fourth-order valence-electron chi connectivity index (χ4n) is 3.00. The number of ether oxygens (including phenoxy) is 3. The lowest BCUT2D eigenvalue weighted by atomic mass is 10.1. The van der Waals surface area contributed by atoms with Crippen LogP contribution in [0, 0.1) is 0 Å². The van der Waals surface area contributed by atoms with Gasteiger partial charge in [0.1, 0.15) is 30.4 Å². The van der Waals surface area contributed by atoms with Gasteiger partial charge < -0.3 is 29.3 Å². The van der Waals surface area contributed by atoms with Gasteiger partial charge in [-0.15, -0.1) is 0 Å². The Morgan fingerprint density at radius 1 is 0.784 bits per heavy atom. The smallest absolute Gasteiger partial charge is 0.331 e. The molecule has 0 atom stereocenters. The number of hydrogen-bond acceptors (Lipinski definition) is 10. The van der Waals surface area contributed by atoms with Gasteiger partial charge in [-0.1, -0.05) is 16.9 Å². The molecule has 0 radical (unpaired) electrons. The van der Waals surface area contributed by atoms with Crippen molar-refractivity contribution in [3.63, 3.8) is 0 Å². The van der Waals surface area contributed by atoms with Gasteiger partial charge in [0.15, 0.2) is 11.5 Å². The number of ketones is 1. The van der Waals surface area contributed by atoms with Crippen LogP contribution in [0.4, 0.5) is 0 Å². The lowest BCUT2D eigenvalue weighted by Gasteiger charge is -2.14. The molecule has 10 heteroatoms. The second kappa shape index (κ2) is 14.0. The van der Waals surface area contributed by atoms with E-state index in [-0.39, 0.29) is 37.9 Å². The number of carbonyl (C=O) groups is 2. The van der Waals surface area contributed by atoms with Gasteiger partial charge in [0.05, 0.1) is 13.2 Å². The maximum atomic E-state index is 12.4. The fraction of sp³-hybridized carbons (Fsp3) is 0.222. The Bertz CT molecular complexity index is 1230. The highest BCUT2D eigenvalue weighted by molar-refractivity contribution is 7.99. The van der Waals surface area contributed by atoms with Crippen LogP contribution in [0.15, 0.2) is 81.7 Å². The number of carbonyl (C=O) groups excluding carboxylic acids is 2. The maximum absolute atomic E-state index is 12.4. The summed E-state index contributed by atoms with van der Waals surface area (Å²) in [5.41, 5.74) is 0.530. The Morgan fingerprint density at radius 2 is 1.35 bits per heavy atom. The van der Waals surface area contributed by atoms with Crippen LogP contribution in [0.1, 0.15) is 24.2 Å². The lowest BCUT2D eigenvalue weighted by molar-refractivity contribution is -0.140. The third-order valence-corrected chi connectivity index (χ3v) is 5.68. The Hall–Kier alpha value is -3.86. The van der Waals surface area contributed by atoms with Gasteiger partial charge in [0.25, 0.3) is 0 Å². The van der Waals surface area contributed by atoms with E-state index in [9.17, 15) is 9.59 Å². The standard InChI is InChI=1S/C27H27NO8S/c1-18(28-36-19(2)31)27(32)20-3-8-23(9-4-20)37-24-10-5-21(6-11-24)35-22-7-12-25(33-15-13-29)26(17-22)34-16-14-30/h3-12,17,29-30H,13-16H2,1-2H3. The lowest BCUT2D eigenvalue weighted by Crippen LogP contribution is -2.11. The molecule has 37 heavy (non-hydrogen) atoms. The predicted molar refractivity (Wildman–Crippen MR) is 138 cm³/mol. The summed E-state index contributed by atoms with van der Waals surface area (Å²) in [6.07, 6.45) is 0. The molecular formula is C27H27NO8S. The Labute approximate surface area is 218 Å². The second-order valence-electron chi connectivity index (χ2n) is 7.54. The van der Waals surface area contributed by atoms with Gasteiger partial charge in [0.2, 0.25) is 5.78 Å². The van der Waals surface area contributed by atoms with Gasteiger partial charge >= 0.3 is 5.97 Å². The van der Waals surface area contributed by atoms with Crippen molar-refractivity contribution in [3.8, 4) is 23.0 Å². The van der Waals surface area contributed by atoms with Crippen LogP contribution in [0.3, 0.4) is 0 Å². The molecule has 0 aliphatic carbocycles. The summed E-state index contributed by atoms with van der Waals surface area (Å²) < 4.78 is 16.9. The number of Topliss-reactive ketones (excluding diaryl/α,β-unsaturated/α-hetero) is 1. The summed E-state index contributed by atoms with van der Waals surface area (Å²) in [5.74, 6) is 1.08. The number of aliphatic hydroxyl groups excluding tert-OH is 2. The first-order valence-electron chi connectivity index (χ1n) is 11.3. The number of aliphatic hydroxyl groups is 2. The number of nitrogens with zero attached hydrogens (tertiary/aromatic N) is 1. The molecule has 0 aliphatic heterocycles. The number of hydrogen-bond donors (Lipinski definition) is 2. The van der Waals surface area contributed by atoms with Crippen molar-refractivity contribution in [2.45, 2.75) is 23.6 Å². The molecular weight excluding hydrogens is 498 g/mol. The van der Waals surface area contributed by atoms with Crippen molar-refractivity contribution in [1.82, 2.24) is 0 Å². The molecule has 0 saturated heterocycles. The van der Waals surface area contributed by atoms with Gasteiger partial charge in [-0.2, -0.15) is 0 Å². The average Bonchev–Trinajstić information content (AvgIpc) is 2.91. The van der Waals surface area contributed by atoms with Crippen molar-refractivity contribution in [2.75, 3.05) is 26.4 Å². The minimum Gasteiger partial charge on any atom is -0.487 e. The van der Waals surface area contributed by atoms with Crippen LogP contribution < -0.4 is 14.2 Å². The molecule has 3 aromatic carbocycles. The maximum Gasteiger partial charge on any atom is 0.331 e. The van der Waals surface area contributed by atoms with Gasteiger partial charge in [-0.05, 0) is 67.6 Å². The zero-order chi connectivity index (χ0) is 26.6. The molecule has 0 unspecified atom stereocenters. The molecule has 2 N–H and O–H groups in total. The largest absolute Gasteiger partial charge is 0.487 e.